The minimum Gasteiger partial charge on any atom is -0.314 e. The maximum atomic E-state index is 2.75. The van der Waals surface area contributed by atoms with Crippen molar-refractivity contribution < 1.29 is 0 Å². The summed E-state index contributed by atoms with van der Waals surface area (Å²) in [6, 6.07) is 75.9. The summed E-state index contributed by atoms with van der Waals surface area (Å²) in [4.78, 5) is 11.0. The highest BCUT2D eigenvalue weighted by molar-refractivity contribution is 5.98. The van der Waals surface area contributed by atoms with Gasteiger partial charge < -0.3 is 19.6 Å². The quantitative estimate of drug-likeness (QED) is 0.170. The fraction of sp³-hybridized carbons (Fsp3) is 0.231. The van der Waals surface area contributed by atoms with Crippen LogP contribution in [0.2, 0.25) is 0 Å². The van der Waals surface area contributed by atoms with Crippen molar-refractivity contribution >= 4 is 45.5 Å². The molecule has 2 aliphatic heterocycles. The van der Waals surface area contributed by atoms with E-state index < -0.39 is 0 Å². The first-order valence-corrected chi connectivity index (χ1v) is 29.7. The van der Waals surface area contributed by atoms with Crippen LogP contribution in [-0.4, -0.2) is 12.3 Å². The van der Waals surface area contributed by atoms with Crippen LogP contribution in [0.15, 0.2) is 194 Å². The molecule has 0 N–H and O–H groups in total. The fourth-order valence-corrected chi connectivity index (χ4v) is 16.2. The van der Waals surface area contributed by atoms with Crippen LogP contribution in [0.3, 0.4) is 0 Å². The second-order valence-corrected chi connectivity index (χ2v) is 26.8. The molecule has 2 heterocycles. The van der Waals surface area contributed by atoms with Crippen LogP contribution in [-0.2, 0) is 21.7 Å². The van der Waals surface area contributed by atoms with Crippen molar-refractivity contribution in [3.63, 3.8) is 0 Å². The first-order chi connectivity index (χ1) is 39.3. The monoisotopic (exact) mass is 1060 g/mol. The summed E-state index contributed by atoms with van der Waals surface area (Å²) in [5, 5.41) is 0. The number of anilines is 8. The van der Waals surface area contributed by atoms with Gasteiger partial charge in [0.05, 0.1) is 22.7 Å². The van der Waals surface area contributed by atoms with Gasteiger partial charge in [-0.2, -0.15) is 0 Å². The molecule has 10 aromatic carbocycles. The highest BCUT2D eigenvalue weighted by Gasteiger charge is 2.54. The van der Waals surface area contributed by atoms with Gasteiger partial charge in [-0.25, -0.2) is 0 Å². The van der Waals surface area contributed by atoms with Gasteiger partial charge in [0.1, 0.15) is 0 Å². The van der Waals surface area contributed by atoms with E-state index in [1.807, 2.05) is 0 Å². The lowest BCUT2D eigenvalue weighted by atomic mass is 9.82. The molecule has 4 aliphatic carbocycles. The van der Waals surface area contributed by atoms with E-state index in [1.165, 1.54) is 157 Å². The molecule has 0 saturated heterocycles. The van der Waals surface area contributed by atoms with E-state index in [2.05, 4.69) is 297 Å². The first kappa shape index (κ1) is 49.2. The molecule has 10 aromatic rings. The molecule has 6 aliphatic rings. The lowest BCUT2D eigenvalue weighted by Gasteiger charge is -2.45. The van der Waals surface area contributed by atoms with Gasteiger partial charge in [0.25, 0.3) is 0 Å². The molecular formula is C78H70N4. The summed E-state index contributed by atoms with van der Waals surface area (Å²) in [6.45, 7) is 28.6. The Hall–Kier alpha value is -8.60. The Morgan fingerprint density at radius 2 is 0.427 bits per heavy atom. The lowest BCUT2D eigenvalue weighted by Crippen LogP contribution is -2.58. The topological polar surface area (TPSA) is 13.0 Å². The molecule has 0 spiro atoms. The number of benzene rings is 10. The second-order valence-electron chi connectivity index (χ2n) is 26.8. The van der Waals surface area contributed by atoms with Gasteiger partial charge in [0, 0.05) is 44.4 Å². The minimum atomic E-state index is -0.337. The van der Waals surface area contributed by atoms with Gasteiger partial charge in [-0.1, -0.05) is 177 Å². The van der Waals surface area contributed by atoms with Crippen molar-refractivity contribution in [1.29, 1.82) is 0 Å². The molecular weight excluding hydrogens is 993 g/mol. The van der Waals surface area contributed by atoms with Gasteiger partial charge in [0.2, 0.25) is 0 Å². The van der Waals surface area contributed by atoms with Crippen molar-refractivity contribution in [1.82, 2.24) is 0 Å². The Morgan fingerprint density at radius 3 is 0.646 bits per heavy atom. The molecule has 4 heteroatoms. The number of hydrogen-bond acceptors (Lipinski definition) is 4. The minimum absolute atomic E-state index is 0.205. The third-order valence-electron chi connectivity index (χ3n) is 20.9. The zero-order chi connectivity index (χ0) is 56.3. The third kappa shape index (κ3) is 6.39. The highest BCUT2D eigenvalue weighted by Crippen LogP contribution is 2.61. The molecule has 402 valence electrons. The van der Waals surface area contributed by atoms with E-state index in [-0.39, 0.29) is 34.0 Å². The predicted molar refractivity (Wildman–Crippen MR) is 344 cm³/mol. The van der Waals surface area contributed by atoms with Crippen LogP contribution < -0.4 is 19.6 Å². The Kier molecular flexibility index (Phi) is 9.93. The molecule has 0 bridgehead atoms. The van der Waals surface area contributed by atoms with Crippen molar-refractivity contribution in [2.24, 2.45) is 0 Å². The Balaban J connectivity index is 1.01. The molecule has 0 radical (unpaired) electrons. The van der Waals surface area contributed by atoms with E-state index in [9.17, 15) is 0 Å². The summed E-state index contributed by atoms with van der Waals surface area (Å²) in [6.07, 6.45) is -0.674. The normalized spacial score (nSPS) is 17.5. The van der Waals surface area contributed by atoms with Crippen molar-refractivity contribution in [2.45, 2.75) is 117 Å². The molecule has 82 heavy (non-hydrogen) atoms. The largest absolute Gasteiger partial charge is 0.314 e. The van der Waals surface area contributed by atoms with E-state index in [0.29, 0.717) is 0 Å². The summed E-state index contributed by atoms with van der Waals surface area (Å²) < 4.78 is 0. The molecule has 4 nitrogen and oxygen atoms in total. The van der Waals surface area contributed by atoms with Crippen LogP contribution in [0, 0.1) is 27.7 Å². The Morgan fingerprint density at radius 1 is 0.232 bits per heavy atom. The van der Waals surface area contributed by atoms with Gasteiger partial charge >= 0.3 is 0 Å². The third-order valence-corrected chi connectivity index (χ3v) is 20.9. The first-order valence-electron chi connectivity index (χ1n) is 29.7. The Bertz CT molecular complexity index is 3890. The number of nitrogens with zero attached hydrogens (tertiary/aromatic N) is 4. The number of rotatable bonds is 5. The number of hydrogen-bond donors (Lipinski definition) is 0. The zero-order valence-corrected chi connectivity index (χ0v) is 49.4. The highest BCUT2D eigenvalue weighted by atomic mass is 15.5. The summed E-state index contributed by atoms with van der Waals surface area (Å²) in [5.74, 6) is 0. The van der Waals surface area contributed by atoms with Crippen LogP contribution >= 0.6 is 0 Å². The second kappa shape index (κ2) is 16.5. The van der Waals surface area contributed by atoms with Gasteiger partial charge in [-0.3, -0.25) is 0 Å². The molecule has 16 rings (SSSR count). The number of fused-ring (bicyclic) bond motifs is 14. The summed E-state index contributed by atoms with van der Waals surface area (Å²) in [5.41, 5.74) is 35.5. The lowest BCUT2D eigenvalue weighted by molar-refractivity contribution is 0.548. The molecule has 0 saturated carbocycles. The van der Waals surface area contributed by atoms with Crippen molar-refractivity contribution in [3.8, 4) is 44.5 Å². The Labute approximate surface area is 485 Å². The summed E-state index contributed by atoms with van der Waals surface area (Å²) in [7, 11) is 0. The predicted octanol–water partition coefficient (Wildman–Crippen LogP) is 20.1. The van der Waals surface area contributed by atoms with Crippen molar-refractivity contribution in [2.75, 3.05) is 19.6 Å². The van der Waals surface area contributed by atoms with E-state index in [1.54, 1.807) is 0 Å². The zero-order valence-electron chi connectivity index (χ0n) is 49.4. The van der Waals surface area contributed by atoms with E-state index >= 15 is 0 Å². The maximum absolute atomic E-state index is 2.75. The fourth-order valence-electron chi connectivity index (χ4n) is 16.2. The molecule has 0 aromatic heterocycles. The average Bonchev–Trinajstić information content (AvgIpc) is 1.86. The SMILES string of the molecule is Cc1cc2c(cc1C)N(c1ccc3c(c1)C(C)(C)c1ccccc1-3)C(C1N(c3ccc4c(c3)C(C)(C)c3ccccc3-4)c3cc(C)c(C)cc3N1c1ccc3c(c1)C(C)(C)c1ccccc1-3)N2c1ccc2c(c1)C(C)(C)c1ccccc1-2. The molecule has 0 amide bonds. The maximum Gasteiger partial charge on any atom is 0.151 e. The standard InChI is InChI=1S/C78H70N4/c1-45-37-69-70(38-46(45)2)80(50-30-34-58-54-22-14-18-26-62(54)76(7,8)66(58)42-50)73(79(69)49-29-33-57-53-21-13-17-25-61(53)75(5,6)65(57)41-49)74-81(51-31-35-59-55-23-15-19-27-63(55)77(9,10)67(59)43-51)71-39-47(3)48(4)40-72(71)82(74)52-32-36-60-56-24-16-20-28-64(56)78(11,12)68(60)44-52/h13-44,73-74H,1-12H3. The smallest absolute Gasteiger partial charge is 0.151 e. The number of aryl methyl sites for hydroxylation is 4. The molecule has 0 atom stereocenters. The van der Waals surface area contributed by atoms with E-state index in [0.717, 1.165) is 0 Å². The van der Waals surface area contributed by atoms with Gasteiger partial charge in [0.15, 0.2) is 12.3 Å². The molecule has 0 unspecified atom stereocenters. The van der Waals surface area contributed by atoms with Crippen LogP contribution in [0.25, 0.3) is 44.5 Å². The van der Waals surface area contributed by atoms with Crippen molar-refractivity contribution in [3.05, 3.63) is 261 Å². The van der Waals surface area contributed by atoms with E-state index in [4.69, 9.17) is 0 Å². The van der Waals surface area contributed by atoms with Gasteiger partial charge in [-0.15, -0.1) is 0 Å². The van der Waals surface area contributed by atoms with Gasteiger partial charge in [-0.05, 0) is 212 Å². The summed E-state index contributed by atoms with van der Waals surface area (Å²) >= 11 is 0. The van der Waals surface area contributed by atoms with Crippen LogP contribution in [0.5, 0.6) is 0 Å². The van der Waals surface area contributed by atoms with Crippen LogP contribution in [0.1, 0.15) is 122 Å². The average molecular weight is 1060 g/mol. The van der Waals surface area contributed by atoms with Crippen LogP contribution in [0.4, 0.5) is 45.5 Å². The molecule has 0 fully saturated rings.